The molecule has 0 radical (unpaired) electrons. The first-order chi connectivity index (χ1) is 9.50. The van der Waals surface area contributed by atoms with Gasteiger partial charge in [-0.2, -0.15) is 0 Å². The maximum absolute atomic E-state index is 11.5. The molecule has 112 valence electrons. The second-order valence-corrected chi connectivity index (χ2v) is 5.53. The molecule has 0 bridgehead atoms. The van der Waals surface area contributed by atoms with Crippen molar-refractivity contribution in [2.24, 2.45) is 5.73 Å². The van der Waals surface area contributed by atoms with Gasteiger partial charge in [0.15, 0.2) is 0 Å². The van der Waals surface area contributed by atoms with Crippen LogP contribution in [0, 0.1) is 0 Å². The molecule has 0 saturated carbocycles. The number of hydrogen-bond acceptors (Lipinski definition) is 3. The van der Waals surface area contributed by atoms with Crippen molar-refractivity contribution in [2.45, 2.75) is 38.6 Å². The van der Waals surface area contributed by atoms with Crippen LogP contribution < -0.4 is 11.1 Å². The monoisotopic (exact) mass is 278 g/mol. The second kappa shape index (κ2) is 8.72. The smallest absolute Gasteiger partial charge is 0.239 e. The van der Waals surface area contributed by atoms with Crippen LogP contribution in [-0.2, 0) is 16.0 Å². The molecule has 0 heterocycles. The Morgan fingerprint density at radius 1 is 1.20 bits per heavy atom. The first-order valence-electron chi connectivity index (χ1n) is 7.19. The van der Waals surface area contributed by atoms with Gasteiger partial charge in [-0.25, -0.2) is 0 Å². The van der Waals surface area contributed by atoms with E-state index in [-0.39, 0.29) is 5.91 Å². The predicted octanol–water partition coefficient (Wildman–Crippen LogP) is 1.88. The van der Waals surface area contributed by atoms with Gasteiger partial charge in [-0.05, 0) is 38.7 Å². The first kappa shape index (κ1) is 16.7. The normalized spacial score (nSPS) is 11.3. The van der Waals surface area contributed by atoms with Crippen LogP contribution in [0.25, 0.3) is 0 Å². The molecule has 0 atom stereocenters. The Morgan fingerprint density at radius 2 is 1.90 bits per heavy atom. The Balaban J connectivity index is 1.94. The predicted molar refractivity (Wildman–Crippen MR) is 81.5 cm³/mol. The van der Waals surface area contributed by atoms with Gasteiger partial charge in [-0.15, -0.1) is 0 Å². The van der Waals surface area contributed by atoms with Crippen LogP contribution in [0.15, 0.2) is 30.3 Å². The lowest BCUT2D eigenvalue weighted by molar-refractivity contribution is -0.125. The molecule has 3 N–H and O–H groups in total. The number of nitrogens with one attached hydrogen (secondary N) is 1. The molecule has 0 unspecified atom stereocenters. The molecular weight excluding hydrogens is 252 g/mol. The summed E-state index contributed by atoms with van der Waals surface area (Å²) in [6.07, 6.45) is 2.80. The van der Waals surface area contributed by atoms with Crippen LogP contribution >= 0.6 is 0 Å². The quantitative estimate of drug-likeness (QED) is 0.678. The third kappa shape index (κ3) is 7.26. The average molecular weight is 278 g/mol. The Kier molecular flexibility index (Phi) is 7.26. The van der Waals surface area contributed by atoms with Crippen molar-refractivity contribution in [1.82, 2.24) is 5.32 Å². The highest BCUT2D eigenvalue weighted by atomic mass is 16.5. The Bertz CT molecular complexity index is 385. The minimum absolute atomic E-state index is 0.109. The average Bonchev–Trinajstić information content (AvgIpc) is 2.41. The van der Waals surface area contributed by atoms with Crippen LogP contribution in [0.2, 0.25) is 0 Å². The van der Waals surface area contributed by atoms with E-state index in [9.17, 15) is 4.79 Å². The number of hydrogen-bond donors (Lipinski definition) is 2. The van der Waals surface area contributed by atoms with E-state index >= 15 is 0 Å². The van der Waals surface area contributed by atoms with Gasteiger partial charge >= 0.3 is 0 Å². The first-order valence-corrected chi connectivity index (χ1v) is 7.19. The molecule has 0 aliphatic carbocycles. The largest absolute Gasteiger partial charge is 0.381 e. The number of nitrogens with two attached hydrogens (primary N) is 1. The summed E-state index contributed by atoms with van der Waals surface area (Å²) in [5.74, 6) is -0.109. The van der Waals surface area contributed by atoms with Gasteiger partial charge < -0.3 is 15.8 Å². The number of ether oxygens (including phenoxy) is 1. The Morgan fingerprint density at radius 3 is 2.55 bits per heavy atom. The summed E-state index contributed by atoms with van der Waals surface area (Å²) in [5.41, 5.74) is 6.17. The van der Waals surface area contributed by atoms with Crippen LogP contribution in [0.3, 0.4) is 0 Å². The highest BCUT2D eigenvalue weighted by Gasteiger charge is 2.20. The lowest BCUT2D eigenvalue weighted by Gasteiger charge is -2.17. The van der Waals surface area contributed by atoms with E-state index in [2.05, 4.69) is 17.4 Å². The van der Waals surface area contributed by atoms with Crippen LogP contribution in [-0.4, -0.2) is 31.2 Å². The van der Waals surface area contributed by atoms with E-state index in [1.807, 2.05) is 18.2 Å². The summed E-state index contributed by atoms with van der Waals surface area (Å²) in [5, 5.41) is 2.82. The zero-order valence-corrected chi connectivity index (χ0v) is 12.5. The number of carbonyl (C=O) groups excluding carboxylic acids is 1. The molecule has 0 spiro atoms. The lowest BCUT2D eigenvalue weighted by atomic mass is 10.1. The third-order valence-electron chi connectivity index (χ3n) is 2.96. The molecule has 1 amide bonds. The topological polar surface area (TPSA) is 64.4 Å². The summed E-state index contributed by atoms with van der Waals surface area (Å²) in [7, 11) is 0. The third-order valence-corrected chi connectivity index (χ3v) is 2.96. The highest BCUT2D eigenvalue weighted by Crippen LogP contribution is 2.00. The summed E-state index contributed by atoms with van der Waals surface area (Å²) >= 11 is 0. The van der Waals surface area contributed by atoms with Crippen molar-refractivity contribution in [3.63, 3.8) is 0 Å². The summed E-state index contributed by atoms with van der Waals surface area (Å²) < 4.78 is 5.57. The van der Waals surface area contributed by atoms with Crippen LogP contribution in [0.1, 0.15) is 32.3 Å². The summed E-state index contributed by atoms with van der Waals surface area (Å²) in [6, 6.07) is 10.3. The molecule has 0 aliphatic heterocycles. The number of unbranched alkanes of at least 4 members (excludes halogenated alkanes) is 1. The van der Waals surface area contributed by atoms with Crippen molar-refractivity contribution in [3.8, 4) is 0 Å². The zero-order chi connectivity index (χ0) is 14.8. The van der Waals surface area contributed by atoms with Crippen molar-refractivity contribution in [2.75, 3.05) is 19.8 Å². The van der Waals surface area contributed by atoms with E-state index in [0.29, 0.717) is 6.54 Å². The van der Waals surface area contributed by atoms with Crippen molar-refractivity contribution in [1.29, 1.82) is 0 Å². The van der Waals surface area contributed by atoms with E-state index in [1.54, 1.807) is 13.8 Å². The number of amides is 1. The molecule has 4 heteroatoms. The minimum Gasteiger partial charge on any atom is -0.381 e. The SMILES string of the molecule is CC(C)(N)C(=O)NCCCCOCCc1ccccc1. The summed E-state index contributed by atoms with van der Waals surface area (Å²) in [4.78, 5) is 11.5. The van der Waals surface area contributed by atoms with Gasteiger partial charge in [-0.3, -0.25) is 4.79 Å². The second-order valence-electron chi connectivity index (χ2n) is 5.53. The van der Waals surface area contributed by atoms with Crippen molar-refractivity contribution in [3.05, 3.63) is 35.9 Å². The van der Waals surface area contributed by atoms with Crippen molar-refractivity contribution >= 4 is 5.91 Å². The molecule has 20 heavy (non-hydrogen) atoms. The summed E-state index contributed by atoms with van der Waals surface area (Å²) in [6.45, 7) is 5.53. The van der Waals surface area contributed by atoms with E-state index in [0.717, 1.165) is 32.5 Å². The molecule has 1 aromatic carbocycles. The lowest BCUT2D eigenvalue weighted by Crippen LogP contribution is -2.49. The molecule has 0 aromatic heterocycles. The van der Waals surface area contributed by atoms with E-state index < -0.39 is 5.54 Å². The fourth-order valence-corrected chi connectivity index (χ4v) is 1.70. The highest BCUT2D eigenvalue weighted by molar-refractivity contribution is 5.84. The zero-order valence-electron chi connectivity index (χ0n) is 12.5. The van der Waals surface area contributed by atoms with Crippen LogP contribution in [0.4, 0.5) is 0 Å². The van der Waals surface area contributed by atoms with Gasteiger partial charge in [0.2, 0.25) is 5.91 Å². The number of rotatable bonds is 9. The molecule has 4 nitrogen and oxygen atoms in total. The Labute approximate surface area is 121 Å². The van der Waals surface area contributed by atoms with Crippen LogP contribution in [0.5, 0.6) is 0 Å². The van der Waals surface area contributed by atoms with Gasteiger partial charge in [0.1, 0.15) is 0 Å². The van der Waals surface area contributed by atoms with Gasteiger partial charge in [0, 0.05) is 13.2 Å². The fraction of sp³-hybridized carbons (Fsp3) is 0.562. The van der Waals surface area contributed by atoms with Crippen molar-refractivity contribution < 1.29 is 9.53 Å². The molecule has 0 saturated heterocycles. The molecule has 1 aromatic rings. The standard InChI is InChI=1S/C16H26N2O2/c1-16(2,17)15(19)18-11-6-7-12-20-13-10-14-8-4-3-5-9-14/h3-5,8-9H,6-7,10-13,17H2,1-2H3,(H,18,19). The molecule has 0 aliphatic rings. The minimum atomic E-state index is -0.799. The molecular formula is C16H26N2O2. The number of carbonyl (C=O) groups is 1. The van der Waals surface area contributed by atoms with Gasteiger partial charge in [0.05, 0.1) is 12.1 Å². The van der Waals surface area contributed by atoms with Gasteiger partial charge in [-0.1, -0.05) is 30.3 Å². The maximum atomic E-state index is 11.5. The number of benzene rings is 1. The Hall–Kier alpha value is -1.39. The van der Waals surface area contributed by atoms with Gasteiger partial charge in [0.25, 0.3) is 0 Å². The maximum Gasteiger partial charge on any atom is 0.239 e. The molecule has 0 fully saturated rings. The molecule has 1 rings (SSSR count). The van der Waals surface area contributed by atoms with E-state index in [4.69, 9.17) is 10.5 Å². The fourth-order valence-electron chi connectivity index (χ4n) is 1.70. The van der Waals surface area contributed by atoms with E-state index in [1.165, 1.54) is 5.56 Å².